The van der Waals surface area contributed by atoms with Crippen molar-refractivity contribution < 1.29 is 14.4 Å². The molecule has 1 fully saturated rings. The molecule has 1 aliphatic heterocycles. The number of imide groups is 1. The molecule has 33 heavy (non-hydrogen) atoms. The fraction of sp³-hybridized carbons (Fsp3) is 0.261. The SMILES string of the molecule is Cc1nc2cccc(CCNC(=O)Nc3ccc(Cl)cc3)c2c(=O)n1C1CCC(=O)NC1=O. The van der Waals surface area contributed by atoms with Gasteiger partial charge in [0.2, 0.25) is 11.8 Å². The van der Waals surface area contributed by atoms with Crippen molar-refractivity contribution >= 4 is 46.0 Å². The molecule has 4 rings (SSSR count). The highest BCUT2D eigenvalue weighted by Crippen LogP contribution is 2.21. The van der Waals surface area contributed by atoms with Crippen molar-refractivity contribution in [1.82, 2.24) is 20.2 Å². The molecule has 0 spiro atoms. The number of hydrogen-bond acceptors (Lipinski definition) is 5. The number of aromatic nitrogens is 2. The number of carbonyl (C=O) groups excluding carboxylic acids is 3. The van der Waals surface area contributed by atoms with E-state index >= 15 is 0 Å². The van der Waals surface area contributed by atoms with Gasteiger partial charge in [-0.15, -0.1) is 0 Å². The minimum Gasteiger partial charge on any atom is -0.338 e. The molecule has 0 saturated carbocycles. The number of anilines is 1. The second kappa shape index (κ2) is 9.41. The lowest BCUT2D eigenvalue weighted by atomic mass is 10.0. The summed E-state index contributed by atoms with van der Waals surface area (Å²) in [6.45, 7) is 1.95. The summed E-state index contributed by atoms with van der Waals surface area (Å²) in [7, 11) is 0. The van der Waals surface area contributed by atoms with E-state index in [4.69, 9.17) is 11.6 Å². The van der Waals surface area contributed by atoms with Crippen LogP contribution < -0.4 is 21.5 Å². The van der Waals surface area contributed by atoms with Crippen LogP contribution in [0.3, 0.4) is 0 Å². The van der Waals surface area contributed by atoms with Gasteiger partial charge in [0.05, 0.1) is 10.9 Å². The molecule has 1 saturated heterocycles. The first-order valence-electron chi connectivity index (χ1n) is 10.5. The zero-order valence-corrected chi connectivity index (χ0v) is 18.6. The summed E-state index contributed by atoms with van der Waals surface area (Å²) in [5, 5.41) is 8.74. The number of benzene rings is 2. The van der Waals surface area contributed by atoms with E-state index in [2.05, 4.69) is 20.9 Å². The van der Waals surface area contributed by atoms with E-state index in [9.17, 15) is 19.2 Å². The van der Waals surface area contributed by atoms with Crippen molar-refractivity contribution in [3.63, 3.8) is 0 Å². The van der Waals surface area contributed by atoms with Gasteiger partial charge in [-0.3, -0.25) is 24.3 Å². The first-order valence-corrected chi connectivity index (χ1v) is 10.9. The van der Waals surface area contributed by atoms with Crippen LogP contribution in [0, 0.1) is 6.92 Å². The van der Waals surface area contributed by atoms with E-state index in [0.29, 0.717) is 39.4 Å². The maximum absolute atomic E-state index is 13.4. The van der Waals surface area contributed by atoms with Crippen molar-refractivity contribution in [2.75, 3.05) is 11.9 Å². The number of urea groups is 1. The van der Waals surface area contributed by atoms with Gasteiger partial charge in [0.1, 0.15) is 11.9 Å². The first kappa shape index (κ1) is 22.5. The van der Waals surface area contributed by atoms with E-state index in [1.54, 1.807) is 49.4 Å². The number of rotatable bonds is 5. The van der Waals surface area contributed by atoms with Gasteiger partial charge in [0.25, 0.3) is 5.56 Å². The normalized spacial score (nSPS) is 15.9. The summed E-state index contributed by atoms with van der Waals surface area (Å²) < 4.78 is 1.36. The maximum atomic E-state index is 13.4. The molecule has 1 unspecified atom stereocenters. The number of carbonyl (C=O) groups is 3. The van der Waals surface area contributed by atoms with Gasteiger partial charge in [0, 0.05) is 23.7 Å². The third-order valence-corrected chi connectivity index (χ3v) is 5.75. The van der Waals surface area contributed by atoms with Crippen molar-refractivity contribution in [3.8, 4) is 0 Å². The van der Waals surface area contributed by atoms with Gasteiger partial charge in [-0.2, -0.15) is 0 Å². The summed E-state index contributed by atoms with van der Waals surface area (Å²) in [5.41, 5.74) is 1.49. The maximum Gasteiger partial charge on any atom is 0.319 e. The molecule has 3 aromatic rings. The third-order valence-electron chi connectivity index (χ3n) is 5.50. The average molecular weight is 468 g/mol. The van der Waals surface area contributed by atoms with Crippen LogP contribution in [0.1, 0.15) is 30.3 Å². The second-order valence-corrected chi connectivity index (χ2v) is 8.19. The molecular weight excluding hydrogens is 446 g/mol. The van der Waals surface area contributed by atoms with E-state index < -0.39 is 11.9 Å². The fourth-order valence-electron chi connectivity index (χ4n) is 3.95. The van der Waals surface area contributed by atoms with E-state index in [0.717, 1.165) is 0 Å². The lowest BCUT2D eigenvalue weighted by Crippen LogP contribution is -2.45. The van der Waals surface area contributed by atoms with Gasteiger partial charge < -0.3 is 10.6 Å². The number of piperidine rings is 1. The predicted molar refractivity (Wildman–Crippen MR) is 124 cm³/mol. The molecule has 0 bridgehead atoms. The summed E-state index contributed by atoms with van der Waals surface area (Å²) in [6.07, 6.45) is 0.794. The molecule has 2 aromatic carbocycles. The largest absolute Gasteiger partial charge is 0.338 e. The number of nitrogens with one attached hydrogen (secondary N) is 3. The smallest absolute Gasteiger partial charge is 0.319 e. The van der Waals surface area contributed by atoms with Gasteiger partial charge in [-0.25, -0.2) is 9.78 Å². The molecule has 4 amide bonds. The van der Waals surface area contributed by atoms with Gasteiger partial charge in [-0.05, 0) is 55.7 Å². The molecule has 1 aliphatic rings. The molecule has 170 valence electrons. The van der Waals surface area contributed by atoms with Gasteiger partial charge in [0.15, 0.2) is 0 Å². The number of nitrogens with zero attached hydrogens (tertiary/aromatic N) is 2. The lowest BCUT2D eigenvalue weighted by Gasteiger charge is -2.24. The molecular formula is C23H22ClN5O4. The Hall–Kier alpha value is -3.72. The summed E-state index contributed by atoms with van der Waals surface area (Å²) >= 11 is 5.85. The highest BCUT2D eigenvalue weighted by atomic mass is 35.5. The molecule has 1 atom stereocenters. The van der Waals surface area contributed by atoms with E-state index in [1.807, 2.05) is 0 Å². The van der Waals surface area contributed by atoms with Gasteiger partial charge in [-0.1, -0.05) is 23.7 Å². The highest BCUT2D eigenvalue weighted by Gasteiger charge is 2.30. The van der Waals surface area contributed by atoms with Crippen molar-refractivity contribution in [3.05, 3.63) is 69.2 Å². The number of aryl methyl sites for hydroxylation is 1. The quantitative estimate of drug-likeness (QED) is 0.498. The number of hydrogen-bond donors (Lipinski definition) is 3. The summed E-state index contributed by atoms with van der Waals surface area (Å²) in [6, 6.07) is 10.9. The Labute approximate surface area is 194 Å². The Kier molecular flexibility index (Phi) is 6.41. The summed E-state index contributed by atoms with van der Waals surface area (Å²) in [5.74, 6) is -0.449. The molecule has 0 radical (unpaired) electrons. The Morgan fingerprint density at radius 1 is 1.18 bits per heavy atom. The molecule has 1 aromatic heterocycles. The standard InChI is InChI=1S/C23H22ClN5O4/c1-13-26-17-4-2-3-14(11-12-25-23(33)27-16-7-5-15(24)6-8-16)20(17)22(32)29(13)18-9-10-19(30)28-21(18)31/h2-8,18H,9-12H2,1H3,(H2,25,27,33)(H,28,30,31). The summed E-state index contributed by atoms with van der Waals surface area (Å²) in [4.78, 5) is 54.0. The average Bonchev–Trinajstić information content (AvgIpc) is 2.76. The van der Waals surface area contributed by atoms with Crippen LogP contribution in [-0.2, 0) is 16.0 Å². The van der Waals surface area contributed by atoms with Crippen LogP contribution >= 0.6 is 11.6 Å². The zero-order valence-electron chi connectivity index (χ0n) is 17.9. The molecule has 10 heteroatoms. The zero-order chi connectivity index (χ0) is 23.5. The Morgan fingerprint density at radius 3 is 2.67 bits per heavy atom. The van der Waals surface area contributed by atoms with Gasteiger partial charge >= 0.3 is 6.03 Å². The predicted octanol–water partition coefficient (Wildman–Crippen LogP) is 2.70. The Balaban J connectivity index is 1.54. The van der Waals surface area contributed by atoms with Crippen LogP contribution in [0.2, 0.25) is 5.02 Å². The Morgan fingerprint density at radius 2 is 1.94 bits per heavy atom. The van der Waals surface area contributed by atoms with Crippen molar-refractivity contribution in [1.29, 1.82) is 0 Å². The third kappa shape index (κ3) is 4.88. The van der Waals surface area contributed by atoms with Crippen LogP contribution in [0.15, 0.2) is 47.3 Å². The van der Waals surface area contributed by atoms with Crippen LogP contribution in [0.25, 0.3) is 10.9 Å². The van der Waals surface area contributed by atoms with E-state index in [-0.39, 0.29) is 36.9 Å². The minimum absolute atomic E-state index is 0.161. The molecule has 9 nitrogen and oxygen atoms in total. The van der Waals surface area contributed by atoms with Crippen LogP contribution in [0.5, 0.6) is 0 Å². The van der Waals surface area contributed by atoms with Crippen LogP contribution in [-0.4, -0.2) is 33.9 Å². The number of amides is 4. The van der Waals surface area contributed by atoms with Crippen molar-refractivity contribution in [2.24, 2.45) is 0 Å². The molecule has 0 aliphatic carbocycles. The number of halogens is 1. The number of fused-ring (bicyclic) bond motifs is 1. The van der Waals surface area contributed by atoms with E-state index in [1.165, 1.54) is 4.57 Å². The fourth-order valence-corrected chi connectivity index (χ4v) is 4.07. The monoisotopic (exact) mass is 467 g/mol. The topological polar surface area (TPSA) is 122 Å². The first-order chi connectivity index (χ1) is 15.8. The van der Waals surface area contributed by atoms with Crippen molar-refractivity contribution in [2.45, 2.75) is 32.2 Å². The lowest BCUT2D eigenvalue weighted by molar-refractivity contribution is -0.135. The molecule has 2 heterocycles. The minimum atomic E-state index is -0.788. The second-order valence-electron chi connectivity index (χ2n) is 7.75. The highest BCUT2D eigenvalue weighted by molar-refractivity contribution is 6.30. The Bertz CT molecular complexity index is 1300. The van der Waals surface area contributed by atoms with Crippen LogP contribution in [0.4, 0.5) is 10.5 Å². The molecule has 3 N–H and O–H groups in total.